The summed E-state index contributed by atoms with van der Waals surface area (Å²) in [5.41, 5.74) is 4.96. The Bertz CT molecular complexity index is 1420. The van der Waals surface area contributed by atoms with Crippen molar-refractivity contribution in [2.45, 2.75) is 39.8 Å². The molecule has 0 atom stereocenters. The molecule has 1 aromatic heterocycles. The lowest BCUT2D eigenvalue weighted by Crippen LogP contribution is -2.39. The number of aryl methyl sites for hydroxylation is 2. The Morgan fingerprint density at radius 2 is 1.61 bits per heavy atom. The highest BCUT2D eigenvalue weighted by Crippen LogP contribution is 2.28. The number of amides is 1. The topological polar surface area (TPSA) is 82.4 Å². The average molecular weight is 512 g/mol. The third-order valence-electron chi connectivity index (χ3n) is 6.17. The number of carbonyl (C=O) groups excluding carboxylic acids is 2. The zero-order valence-corrected chi connectivity index (χ0v) is 22.4. The van der Waals surface area contributed by atoms with E-state index in [0.717, 1.165) is 33.4 Å². The maximum atomic E-state index is 13.1. The fraction of sp³-hybridized carbons (Fsp3) is 0.258. The molecule has 0 aliphatic heterocycles. The summed E-state index contributed by atoms with van der Waals surface area (Å²) in [7, 11) is 1.80. The van der Waals surface area contributed by atoms with Crippen molar-refractivity contribution in [2.24, 2.45) is 7.05 Å². The molecule has 7 heteroatoms. The average Bonchev–Trinajstić information content (AvgIpc) is 3.31. The largest absolute Gasteiger partial charge is 0.476 e. The van der Waals surface area contributed by atoms with E-state index in [9.17, 15) is 9.59 Å². The maximum absolute atomic E-state index is 13.1. The third kappa shape index (κ3) is 6.11. The van der Waals surface area contributed by atoms with E-state index >= 15 is 0 Å². The minimum Gasteiger partial charge on any atom is -0.476 e. The van der Waals surface area contributed by atoms with Crippen LogP contribution in [-0.2, 0) is 23.1 Å². The van der Waals surface area contributed by atoms with Crippen LogP contribution < -0.4 is 10.1 Å². The lowest BCUT2D eigenvalue weighted by molar-refractivity contribution is -0.158. The predicted octanol–water partition coefficient (Wildman–Crippen LogP) is 5.71. The second-order valence-corrected chi connectivity index (χ2v) is 9.62. The molecule has 4 rings (SSSR count). The van der Waals surface area contributed by atoms with E-state index in [1.807, 2.05) is 55.6 Å². The van der Waals surface area contributed by atoms with E-state index in [-0.39, 0.29) is 5.91 Å². The van der Waals surface area contributed by atoms with Gasteiger partial charge in [0.25, 0.3) is 5.91 Å². The SMILES string of the molecule is CCOC(=O)C(C)(C)Oc1ccc(CNC(=O)c2nn(C)cc2-c2ccc(-c3ccccc3)cc2)cc1C. The van der Waals surface area contributed by atoms with Gasteiger partial charge in [0.05, 0.1) is 6.61 Å². The second kappa shape index (κ2) is 11.3. The number of hydrogen-bond acceptors (Lipinski definition) is 5. The second-order valence-electron chi connectivity index (χ2n) is 9.62. The summed E-state index contributed by atoms with van der Waals surface area (Å²) in [4.78, 5) is 25.3. The van der Waals surface area contributed by atoms with Crippen LogP contribution in [-0.4, -0.2) is 33.9 Å². The Labute approximate surface area is 223 Å². The summed E-state index contributed by atoms with van der Waals surface area (Å²) in [6.07, 6.45) is 1.86. The molecule has 38 heavy (non-hydrogen) atoms. The van der Waals surface area contributed by atoms with Crippen LogP contribution in [0, 0.1) is 6.92 Å². The Hall–Kier alpha value is -4.39. The first kappa shape index (κ1) is 26.7. The highest BCUT2D eigenvalue weighted by molar-refractivity contribution is 5.99. The van der Waals surface area contributed by atoms with Crippen LogP contribution in [0.4, 0.5) is 0 Å². The van der Waals surface area contributed by atoms with E-state index in [4.69, 9.17) is 9.47 Å². The molecule has 0 saturated carbocycles. The Morgan fingerprint density at radius 3 is 2.26 bits per heavy atom. The van der Waals surface area contributed by atoms with Gasteiger partial charge in [-0.1, -0.05) is 66.7 Å². The summed E-state index contributed by atoms with van der Waals surface area (Å²) < 4.78 is 12.7. The maximum Gasteiger partial charge on any atom is 0.349 e. The van der Waals surface area contributed by atoms with Crippen LogP contribution in [0.15, 0.2) is 79.0 Å². The molecule has 1 amide bonds. The first-order chi connectivity index (χ1) is 18.2. The number of aromatic nitrogens is 2. The number of carbonyl (C=O) groups is 2. The fourth-order valence-corrected chi connectivity index (χ4v) is 4.16. The van der Waals surface area contributed by atoms with Crippen LogP contribution in [0.2, 0.25) is 0 Å². The van der Waals surface area contributed by atoms with Crippen molar-refractivity contribution < 1.29 is 19.1 Å². The highest BCUT2D eigenvalue weighted by atomic mass is 16.6. The summed E-state index contributed by atoms with van der Waals surface area (Å²) in [6, 6.07) is 23.9. The lowest BCUT2D eigenvalue weighted by atomic mass is 10.0. The standard InChI is InChI=1S/C31H33N3O4/c1-6-37-30(36)31(3,4)38-27-17-12-22(18-21(27)2)19-32-29(35)28-26(20-34(5)33-28)25-15-13-24(14-16-25)23-10-8-7-9-11-23/h7-18,20H,6,19H2,1-5H3,(H,32,35). The zero-order valence-electron chi connectivity index (χ0n) is 22.4. The minimum atomic E-state index is -1.11. The normalized spacial score (nSPS) is 11.2. The van der Waals surface area contributed by atoms with E-state index < -0.39 is 11.6 Å². The highest BCUT2D eigenvalue weighted by Gasteiger charge is 2.32. The van der Waals surface area contributed by atoms with Crippen molar-refractivity contribution >= 4 is 11.9 Å². The van der Waals surface area contributed by atoms with E-state index in [0.29, 0.717) is 24.6 Å². The van der Waals surface area contributed by atoms with Gasteiger partial charge in [-0.05, 0) is 61.6 Å². The molecule has 3 aromatic carbocycles. The Morgan fingerprint density at radius 1 is 0.947 bits per heavy atom. The van der Waals surface area contributed by atoms with Gasteiger partial charge >= 0.3 is 5.97 Å². The molecule has 0 fully saturated rings. The minimum absolute atomic E-state index is 0.255. The number of nitrogens with zero attached hydrogens (tertiary/aromatic N) is 2. The first-order valence-electron chi connectivity index (χ1n) is 12.6. The van der Waals surface area contributed by atoms with Gasteiger partial charge in [0, 0.05) is 25.4 Å². The smallest absolute Gasteiger partial charge is 0.349 e. The van der Waals surface area contributed by atoms with E-state index in [2.05, 4.69) is 34.7 Å². The first-order valence-corrected chi connectivity index (χ1v) is 12.6. The van der Waals surface area contributed by atoms with Crippen LogP contribution in [0.5, 0.6) is 5.75 Å². The van der Waals surface area contributed by atoms with Crippen molar-refractivity contribution in [1.82, 2.24) is 15.1 Å². The summed E-state index contributed by atoms with van der Waals surface area (Å²) in [5.74, 6) is -0.0881. The van der Waals surface area contributed by atoms with Gasteiger partial charge in [0.15, 0.2) is 11.3 Å². The molecule has 0 spiro atoms. The molecule has 0 radical (unpaired) electrons. The van der Waals surface area contributed by atoms with Crippen LogP contribution in [0.3, 0.4) is 0 Å². The summed E-state index contributed by atoms with van der Waals surface area (Å²) >= 11 is 0. The molecule has 0 saturated heterocycles. The van der Waals surface area contributed by atoms with Crippen molar-refractivity contribution in [3.8, 4) is 28.0 Å². The zero-order chi connectivity index (χ0) is 27.3. The van der Waals surface area contributed by atoms with E-state index in [1.54, 1.807) is 38.6 Å². The van der Waals surface area contributed by atoms with Gasteiger partial charge in [-0.25, -0.2) is 4.79 Å². The Balaban J connectivity index is 1.45. The van der Waals surface area contributed by atoms with Gasteiger partial charge in [-0.15, -0.1) is 0 Å². The number of ether oxygens (including phenoxy) is 2. The van der Waals surface area contributed by atoms with E-state index in [1.165, 1.54) is 0 Å². The summed E-state index contributed by atoms with van der Waals surface area (Å²) in [6.45, 7) is 7.64. The molecule has 4 aromatic rings. The number of benzene rings is 3. The molecule has 1 heterocycles. The van der Waals surface area contributed by atoms with Gasteiger partial charge in [-0.2, -0.15) is 5.10 Å². The van der Waals surface area contributed by atoms with Gasteiger partial charge in [0.2, 0.25) is 0 Å². The molecule has 7 nitrogen and oxygen atoms in total. The van der Waals surface area contributed by atoms with Crippen molar-refractivity contribution in [3.63, 3.8) is 0 Å². The third-order valence-corrected chi connectivity index (χ3v) is 6.17. The lowest BCUT2D eigenvalue weighted by Gasteiger charge is -2.25. The predicted molar refractivity (Wildman–Crippen MR) is 148 cm³/mol. The van der Waals surface area contributed by atoms with Gasteiger partial charge in [0.1, 0.15) is 5.75 Å². The number of rotatable bonds is 9. The van der Waals surface area contributed by atoms with Crippen LogP contribution >= 0.6 is 0 Å². The van der Waals surface area contributed by atoms with Crippen LogP contribution in [0.1, 0.15) is 42.4 Å². The van der Waals surface area contributed by atoms with Gasteiger partial charge < -0.3 is 14.8 Å². The molecule has 1 N–H and O–H groups in total. The molecule has 0 aliphatic rings. The molecule has 0 unspecified atom stereocenters. The van der Waals surface area contributed by atoms with Gasteiger partial charge in [-0.3, -0.25) is 9.48 Å². The van der Waals surface area contributed by atoms with Crippen LogP contribution in [0.25, 0.3) is 22.3 Å². The molecular weight excluding hydrogens is 478 g/mol. The number of hydrogen-bond donors (Lipinski definition) is 1. The monoisotopic (exact) mass is 511 g/mol. The fourth-order valence-electron chi connectivity index (χ4n) is 4.16. The quantitative estimate of drug-likeness (QED) is 0.291. The Kier molecular flexibility index (Phi) is 7.96. The molecule has 0 aliphatic carbocycles. The number of esters is 1. The molecular formula is C31H33N3O4. The van der Waals surface area contributed by atoms with Crippen molar-refractivity contribution in [3.05, 3.63) is 95.8 Å². The molecule has 196 valence electrons. The van der Waals surface area contributed by atoms with Crippen molar-refractivity contribution in [1.29, 1.82) is 0 Å². The number of nitrogens with one attached hydrogen (secondary N) is 1. The summed E-state index contributed by atoms with van der Waals surface area (Å²) in [5, 5.41) is 7.40. The molecule has 0 bridgehead atoms. The van der Waals surface area contributed by atoms with Crippen molar-refractivity contribution in [2.75, 3.05) is 6.61 Å².